The van der Waals surface area contributed by atoms with Gasteiger partial charge in [-0.2, -0.15) is 10.2 Å². The first-order chi connectivity index (χ1) is 9.08. The quantitative estimate of drug-likeness (QED) is 0.888. The highest BCUT2D eigenvalue weighted by Crippen LogP contribution is 2.27. The van der Waals surface area contributed by atoms with E-state index in [1.807, 2.05) is 20.2 Å². The van der Waals surface area contributed by atoms with E-state index in [0.717, 1.165) is 48.3 Å². The Morgan fingerprint density at radius 2 is 2.05 bits per heavy atom. The number of hydrogen-bond acceptors (Lipinski definition) is 3. The van der Waals surface area contributed by atoms with Gasteiger partial charge in [-0.05, 0) is 32.6 Å². The maximum atomic E-state index is 11.3. The Balaban J connectivity index is 2.21. The first kappa shape index (κ1) is 12.0. The Morgan fingerprint density at radius 3 is 2.68 bits per heavy atom. The molecule has 0 spiro atoms. The van der Waals surface area contributed by atoms with Crippen LogP contribution in [0.1, 0.15) is 40.3 Å². The van der Waals surface area contributed by atoms with Crippen LogP contribution in [-0.4, -0.2) is 30.6 Å². The molecule has 2 aromatic rings. The summed E-state index contributed by atoms with van der Waals surface area (Å²) >= 11 is 0. The zero-order valence-electron chi connectivity index (χ0n) is 11.1. The number of carboxylic acids is 1. The highest BCUT2D eigenvalue weighted by Gasteiger charge is 2.26. The van der Waals surface area contributed by atoms with Gasteiger partial charge in [-0.15, -0.1) is 0 Å². The second kappa shape index (κ2) is 4.22. The molecule has 0 saturated heterocycles. The van der Waals surface area contributed by atoms with Crippen LogP contribution in [0.5, 0.6) is 0 Å². The van der Waals surface area contributed by atoms with E-state index in [-0.39, 0.29) is 5.69 Å². The Hall–Kier alpha value is -2.11. The lowest BCUT2D eigenvalue weighted by Crippen LogP contribution is -2.08. The van der Waals surface area contributed by atoms with Gasteiger partial charge >= 0.3 is 5.97 Å². The molecule has 0 aromatic carbocycles. The van der Waals surface area contributed by atoms with E-state index < -0.39 is 5.97 Å². The average Bonchev–Trinajstić information content (AvgIpc) is 2.89. The van der Waals surface area contributed by atoms with Crippen LogP contribution in [0.2, 0.25) is 0 Å². The molecule has 0 saturated carbocycles. The van der Waals surface area contributed by atoms with E-state index in [1.54, 1.807) is 9.36 Å². The summed E-state index contributed by atoms with van der Waals surface area (Å²) in [6, 6.07) is 0. The van der Waals surface area contributed by atoms with Crippen molar-refractivity contribution in [3.8, 4) is 5.69 Å². The van der Waals surface area contributed by atoms with Gasteiger partial charge in [0.25, 0.3) is 0 Å². The lowest BCUT2D eigenvalue weighted by Gasteiger charge is -2.13. The van der Waals surface area contributed by atoms with Crippen molar-refractivity contribution >= 4 is 5.97 Å². The number of aromatic nitrogens is 4. The molecule has 1 aliphatic rings. The SMILES string of the molecule is Cc1nn(C)cc1-n1nc(C(=O)O)c2c1CCCC2. The molecule has 0 atom stereocenters. The number of carbonyl (C=O) groups is 1. The Bertz CT molecular complexity index is 654. The standard InChI is InChI=1S/C13H16N4O2/c1-8-11(7-16(2)14-8)17-10-6-4-3-5-9(10)12(15-17)13(18)19/h7H,3-6H2,1-2H3,(H,18,19). The second-order valence-electron chi connectivity index (χ2n) is 4.97. The third-order valence-electron chi connectivity index (χ3n) is 3.60. The molecule has 0 bridgehead atoms. The molecule has 3 rings (SSSR count). The van der Waals surface area contributed by atoms with E-state index in [0.29, 0.717) is 0 Å². The van der Waals surface area contributed by atoms with Crippen LogP contribution in [-0.2, 0) is 19.9 Å². The van der Waals surface area contributed by atoms with Crippen molar-refractivity contribution in [2.75, 3.05) is 0 Å². The van der Waals surface area contributed by atoms with Gasteiger partial charge in [0.1, 0.15) is 5.69 Å². The van der Waals surface area contributed by atoms with Gasteiger partial charge in [0, 0.05) is 18.3 Å². The molecule has 0 aliphatic heterocycles. The zero-order valence-corrected chi connectivity index (χ0v) is 11.1. The summed E-state index contributed by atoms with van der Waals surface area (Å²) in [5.74, 6) is -0.946. The smallest absolute Gasteiger partial charge is 0.356 e. The highest BCUT2D eigenvalue weighted by molar-refractivity contribution is 5.87. The van der Waals surface area contributed by atoms with Crippen molar-refractivity contribution in [2.45, 2.75) is 32.6 Å². The summed E-state index contributed by atoms with van der Waals surface area (Å²) in [5.41, 5.74) is 3.84. The van der Waals surface area contributed by atoms with Crippen LogP contribution in [0, 0.1) is 6.92 Å². The monoisotopic (exact) mass is 260 g/mol. The normalized spacial score (nSPS) is 14.4. The summed E-state index contributed by atoms with van der Waals surface area (Å²) in [4.78, 5) is 11.3. The molecule has 0 unspecified atom stereocenters. The molecular formula is C13H16N4O2. The average molecular weight is 260 g/mol. The lowest BCUT2D eigenvalue weighted by molar-refractivity contribution is 0.0688. The van der Waals surface area contributed by atoms with E-state index in [1.165, 1.54) is 0 Å². The maximum absolute atomic E-state index is 11.3. The number of aryl methyl sites for hydroxylation is 2. The third-order valence-corrected chi connectivity index (χ3v) is 3.60. The number of aromatic carboxylic acids is 1. The van der Waals surface area contributed by atoms with Crippen molar-refractivity contribution in [3.05, 3.63) is 28.8 Å². The van der Waals surface area contributed by atoms with E-state index >= 15 is 0 Å². The van der Waals surface area contributed by atoms with E-state index in [9.17, 15) is 9.90 Å². The predicted octanol–water partition coefficient (Wildman–Crippen LogP) is 1.49. The highest BCUT2D eigenvalue weighted by atomic mass is 16.4. The van der Waals surface area contributed by atoms with Crippen LogP contribution >= 0.6 is 0 Å². The number of carboxylic acid groups (broad SMARTS) is 1. The third kappa shape index (κ3) is 1.83. The van der Waals surface area contributed by atoms with Crippen LogP contribution in [0.3, 0.4) is 0 Å². The van der Waals surface area contributed by atoms with Crippen molar-refractivity contribution in [2.24, 2.45) is 7.05 Å². The van der Waals surface area contributed by atoms with E-state index in [2.05, 4.69) is 10.2 Å². The molecule has 0 fully saturated rings. The minimum atomic E-state index is -0.946. The molecule has 6 nitrogen and oxygen atoms in total. The Morgan fingerprint density at radius 1 is 1.32 bits per heavy atom. The fourth-order valence-corrected chi connectivity index (χ4v) is 2.77. The minimum Gasteiger partial charge on any atom is -0.476 e. The summed E-state index contributed by atoms with van der Waals surface area (Å²) in [6.07, 6.45) is 5.67. The summed E-state index contributed by atoms with van der Waals surface area (Å²) < 4.78 is 3.49. The summed E-state index contributed by atoms with van der Waals surface area (Å²) in [5, 5.41) is 17.9. The molecule has 2 aromatic heterocycles. The van der Waals surface area contributed by atoms with Gasteiger partial charge < -0.3 is 5.11 Å². The maximum Gasteiger partial charge on any atom is 0.356 e. The van der Waals surface area contributed by atoms with Crippen LogP contribution in [0.15, 0.2) is 6.20 Å². The van der Waals surface area contributed by atoms with Crippen molar-refractivity contribution in [3.63, 3.8) is 0 Å². The van der Waals surface area contributed by atoms with Crippen LogP contribution < -0.4 is 0 Å². The minimum absolute atomic E-state index is 0.193. The van der Waals surface area contributed by atoms with Gasteiger partial charge in [-0.3, -0.25) is 4.68 Å². The Labute approximate surface area is 110 Å². The van der Waals surface area contributed by atoms with Crippen LogP contribution in [0.25, 0.3) is 5.69 Å². The predicted molar refractivity (Wildman–Crippen MR) is 68.7 cm³/mol. The van der Waals surface area contributed by atoms with Crippen molar-refractivity contribution in [1.82, 2.24) is 19.6 Å². The topological polar surface area (TPSA) is 72.9 Å². The van der Waals surface area contributed by atoms with Crippen molar-refractivity contribution in [1.29, 1.82) is 0 Å². The summed E-state index contributed by atoms with van der Waals surface area (Å²) in [7, 11) is 1.85. The van der Waals surface area contributed by atoms with Gasteiger partial charge in [-0.1, -0.05) is 0 Å². The molecular weight excluding hydrogens is 244 g/mol. The molecule has 19 heavy (non-hydrogen) atoms. The fraction of sp³-hybridized carbons (Fsp3) is 0.462. The number of fused-ring (bicyclic) bond motifs is 1. The molecule has 1 N–H and O–H groups in total. The largest absolute Gasteiger partial charge is 0.476 e. The van der Waals surface area contributed by atoms with Gasteiger partial charge in [0.15, 0.2) is 5.69 Å². The van der Waals surface area contributed by atoms with Gasteiger partial charge in [0.05, 0.1) is 11.9 Å². The van der Waals surface area contributed by atoms with Crippen molar-refractivity contribution < 1.29 is 9.90 Å². The number of rotatable bonds is 2. The van der Waals surface area contributed by atoms with Gasteiger partial charge in [0.2, 0.25) is 0 Å². The first-order valence-corrected chi connectivity index (χ1v) is 6.42. The van der Waals surface area contributed by atoms with Crippen LogP contribution in [0.4, 0.5) is 0 Å². The first-order valence-electron chi connectivity index (χ1n) is 6.42. The zero-order chi connectivity index (χ0) is 13.6. The Kier molecular flexibility index (Phi) is 2.66. The number of hydrogen-bond donors (Lipinski definition) is 1. The van der Waals surface area contributed by atoms with E-state index in [4.69, 9.17) is 0 Å². The summed E-state index contributed by atoms with van der Waals surface area (Å²) in [6.45, 7) is 1.91. The number of nitrogens with zero attached hydrogens (tertiary/aromatic N) is 4. The molecule has 1 aliphatic carbocycles. The fourth-order valence-electron chi connectivity index (χ4n) is 2.77. The van der Waals surface area contributed by atoms with Gasteiger partial charge in [-0.25, -0.2) is 9.48 Å². The molecule has 100 valence electrons. The lowest BCUT2D eigenvalue weighted by atomic mass is 9.95. The molecule has 0 radical (unpaired) electrons. The molecule has 6 heteroatoms. The molecule has 0 amide bonds. The molecule has 2 heterocycles. The second-order valence-corrected chi connectivity index (χ2v) is 4.97.